The van der Waals surface area contributed by atoms with E-state index in [-0.39, 0.29) is 11.8 Å². The van der Waals surface area contributed by atoms with Gasteiger partial charge in [0.2, 0.25) is 5.91 Å². The van der Waals surface area contributed by atoms with Gasteiger partial charge in [-0.25, -0.2) is 0 Å². The van der Waals surface area contributed by atoms with Crippen LogP contribution < -0.4 is 5.32 Å². The standard InChI is InChI=1S/C14H13ClN2O/c1-7-5-8(2)16-13(7)12-10-6-9(15)3-4-11(10)17-14(12)18/h3-6,12,16H,1-2H3,(H,17,18). The Bertz CT molecular complexity index is 645. The number of carbonyl (C=O) groups is 1. The molecule has 1 aromatic carbocycles. The molecule has 1 atom stereocenters. The summed E-state index contributed by atoms with van der Waals surface area (Å²) >= 11 is 6.02. The van der Waals surface area contributed by atoms with Crippen LogP contribution in [0.5, 0.6) is 0 Å². The summed E-state index contributed by atoms with van der Waals surface area (Å²) in [6, 6.07) is 7.54. The molecule has 4 heteroatoms. The van der Waals surface area contributed by atoms with Gasteiger partial charge < -0.3 is 10.3 Å². The van der Waals surface area contributed by atoms with Crippen LogP contribution in [0.25, 0.3) is 0 Å². The van der Waals surface area contributed by atoms with E-state index in [4.69, 9.17) is 11.6 Å². The first kappa shape index (κ1) is 11.4. The molecule has 0 saturated heterocycles. The predicted molar refractivity (Wildman–Crippen MR) is 72.2 cm³/mol. The molecule has 0 bridgehead atoms. The zero-order chi connectivity index (χ0) is 12.9. The second kappa shape index (κ2) is 3.89. The molecule has 0 spiro atoms. The summed E-state index contributed by atoms with van der Waals surface area (Å²) in [4.78, 5) is 15.4. The summed E-state index contributed by atoms with van der Waals surface area (Å²) in [7, 11) is 0. The SMILES string of the molecule is Cc1cc(C)c(C2C(=O)Nc3ccc(Cl)cc32)[nH]1. The number of aromatic amines is 1. The van der Waals surface area contributed by atoms with Gasteiger partial charge in [0, 0.05) is 22.1 Å². The molecule has 1 unspecified atom stereocenters. The number of amides is 1. The molecule has 3 nitrogen and oxygen atoms in total. The molecule has 1 aliphatic rings. The van der Waals surface area contributed by atoms with E-state index in [0.29, 0.717) is 5.02 Å². The molecule has 0 saturated carbocycles. The molecule has 1 aromatic heterocycles. The highest BCUT2D eigenvalue weighted by atomic mass is 35.5. The van der Waals surface area contributed by atoms with Crippen LogP contribution in [0, 0.1) is 13.8 Å². The molecule has 0 radical (unpaired) electrons. The van der Waals surface area contributed by atoms with E-state index >= 15 is 0 Å². The molecular formula is C14H13ClN2O. The number of aromatic nitrogens is 1. The van der Waals surface area contributed by atoms with Crippen molar-refractivity contribution < 1.29 is 4.79 Å². The van der Waals surface area contributed by atoms with Gasteiger partial charge in [0.15, 0.2) is 0 Å². The number of nitrogens with one attached hydrogen (secondary N) is 2. The van der Waals surface area contributed by atoms with Crippen LogP contribution in [0.15, 0.2) is 24.3 Å². The quantitative estimate of drug-likeness (QED) is 0.811. The average molecular weight is 261 g/mol. The van der Waals surface area contributed by atoms with Crippen LogP contribution in [-0.2, 0) is 4.79 Å². The van der Waals surface area contributed by atoms with Gasteiger partial charge in [-0.15, -0.1) is 0 Å². The van der Waals surface area contributed by atoms with Crippen molar-refractivity contribution in [2.75, 3.05) is 5.32 Å². The van der Waals surface area contributed by atoms with E-state index in [1.807, 2.05) is 32.0 Å². The second-order valence-electron chi connectivity index (χ2n) is 4.70. The van der Waals surface area contributed by atoms with Gasteiger partial charge in [-0.1, -0.05) is 11.6 Å². The fraction of sp³-hybridized carbons (Fsp3) is 0.214. The normalized spacial score (nSPS) is 17.7. The van der Waals surface area contributed by atoms with Crippen molar-refractivity contribution in [3.05, 3.63) is 51.8 Å². The third-order valence-electron chi connectivity index (χ3n) is 3.32. The van der Waals surface area contributed by atoms with Crippen molar-refractivity contribution >= 4 is 23.2 Å². The van der Waals surface area contributed by atoms with Crippen molar-refractivity contribution in [3.63, 3.8) is 0 Å². The number of anilines is 1. The molecule has 2 N–H and O–H groups in total. The highest BCUT2D eigenvalue weighted by Gasteiger charge is 2.33. The van der Waals surface area contributed by atoms with Crippen molar-refractivity contribution in [3.8, 4) is 0 Å². The minimum absolute atomic E-state index is 0.00258. The Morgan fingerprint density at radius 3 is 2.67 bits per heavy atom. The zero-order valence-electron chi connectivity index (χ0n) is 10.2. The van der Waals surface area contributed by atoms with Crippen molar-refractivity contribution in [2.24, 2.45) is 0 Å². The minimum atomic E-state index is -0.285. The number of hydrogen-bond acceptors (Lipinski definition) is 1. The molecule has 92 valence electrons. The van der Waals surface area contributed by atoms with Crippen LogP contribution in [0.1, 0.15) is 28.4 Å². The average Bonchev–Trinajstić information content (AvgIpc) is 2.77. The Morgan fingerprint density at radius 1 is 1.22 bits per heavy atom. The molecule has 2 aromatic rings. The van der Waals surface area contributed by atoms with E-state index in [9.17, 15) is 4.79 Å². The molecule has 3 rings (SSSR count). The molecule has 0 fully saturated rings. The molecule has 2 heterocycles. The Labute approximate surface area is 110 Å². The molecule has 18 heavy (non-hydrogen) atoms. The van der Waals surface area contributed by atoms with Gasteiger partial charge in [0.05, 0.1) is 0 Å². The van der Waals surface area contributed by atoms with Crippen molar-refractivity contribution in [1.29, 1.82) is 0 Å². The van der Waals surface area contributed by atoms with Gasteiger partial charge >= 0.3 is 0 Å². The topological polar surface area (TPSA) is 44.9 Å². The maximum absolute atomic E-state index is 12.1. The largest absolute Gasteiger partial charge is 0.361 e. The van der Waals surface area contributed by atoms with Crippen LogP contribution in [0.4, 0.5) is 5.69 Å². The summed E-state index contributed by atoms with van der Waals surface area (Å²) in [5.41, 5.74) is 4.90. The van der Waals surface area contributed by atoms with Crippen molar-refractivity contribution in [2.45, 2.75) is 19.8 Å². The van der Waals surface area contributed by atoms with E-state index in [0.717, 1.165) is 28.2 Å². The zero-order valence-corrected chi connectivity index (χ0v) is 10.9. The summed E-state index contributed by atoms with van der Waals surface area (Å²) < 4.78 is 0. The van der Waals surface area contributed by atoms with Crippen LogP contribution >= 0.6 is 11.6 Å². The first-order valence-electron chi connectivity index (χ1n) is 5.82. The lowest BCUT2D eigenvalue weighted by Gasteiger charge is -2.08. The highest BCUT2D eigenvalue weighted by molar-refractivity contribution is 6.31. The molecule has 1 amide bonds. The van der Waals surface area contributed by atoms with Crippen LogP contribution in [0.3, 0.4) is 0 Å². The van der Waals surface area contributed by atoms with Gasteiger partial charge in [0.25, 0.3) is 0 Å². The summed E-state index contributed by atoms with van der Waals surface area (Å²) in [6.45, 7) is 4.00. The van der Waals surface area contributed by atoms with Crippen LogP contribution in [0.2, 0.25) is 5.02 Å². The number of rotatable bonds is 1. The first-order chi connectivity index (χ1) is 8.56. The number of hydrogen-bond donors (Lipinski definition) is 2. The number of H-pyrrole nitrogens is 1. The third-order valence-corrected chi connectivity index (χ3v) is 3.56. The van der Waals surface area contributed by atoms with Crippen LogP contribution in [-0.4, -0.2) is 10.9 Å². The van der Waals surface area contributed by atoms with Gasteiger partial charge in [-0.3, -0.25) is 4.79 Å². The summed E-state index contributed by atoms with van der Waals surface area (Å²) in [6.07, 6.45) is 0. The number of carbonyl (C=O) groups excluding carboxylic acids is 1. The van der Waals surface area contributed by atoms with Crippen molar-refractivity contribution in [1.82, 2.24) is 4.98 Å². The fourth-order valence-electron chi connectivity index (χ4n) is 2.57. The maximum atomic E-state index is 12.1. The van der Waals surface area contributed by atoms with E-state index in [1.165, 1.54) is 0 Å². The number of benzene rings is 1. The molecular weight excluding hydrogens is 248 g/mol. The first-order valence-corrected chi connectivity index (χ1v) is 6.20. The second-order valence-corrected chi connectivity index (χ2v) is 5.14. The Kier molecular flexibility index (Phi) is 2.45. The number of fused-ring (bicyclic) bond motifs is 1. The van der Waals surface area contributed by atoms with Gasteiger partial charge in [-0.05, 0) is 49.2 Å². The fourth-order valence-corrected chi connectivity index (χ4v) is 2.75. The Balaban J connectivity index is 2.17. The number of halogens is 1. The summed E-state index contributed by atoms with van der Waals surface area (Å²) in [5, 5.41) is 3.54. The Hall–Kier alpha value is -1.74. The summed E-state index contributed by atoms with van der Waals surface area (Å²) in [5.74, 6) is -0.287. The number of aryl methyl sites for hydroxylation is 2. The minimum Gasteiger partial charge on any atom is -0.361 e. The lowest BCUT2D eigenvalue weighted by molar-refractivity contribution is -0.116. The molecule has 1 aliphatic heterocycles. The monoisotopic (exact) mass is 260 g/mol. The van der Waals surface area contributed by atoms with Gasteiger partial charge in [0.1, 0.15) is 5.92 Å². The lowest BCUT2D eigenvalue weighted by Crippen LogP contribution is -2.14. The van der Waals surface area contributed by atoms with E-state index in [1.54, 1.807) is 6.07 Å². The maximum Gasteiger partial charge on any atom is 0.238 e. The van der Waals surface area contributed by atoms with E-state index < -0.39 is 0 Å². The van der Waals surface area contributed by atoms with Gasteiger partial charge in [-0.2, -0.15) is 0 Å². The third kappa shape index (κ3) is 1.63. The predicted octanol–water partition coefficient (Wildman–Crippen LogP) is 3.37. The van der Waals surface area contributed by atoms with E-state index in [2.05, 4.69) is 10.3 Å². The smallest absolute Gasteiger partial charge is 0.238 e. The Morgan fingerprint density at radius 2 is 2.00 bits per heavy atom. The lowest BCUT2D eigenvalue weighted by atomic mass is 9.95. The molecule has 0 aliphatic carbocycles. The highest BCUT2D eigenvalue weighted by Crippen LogP contribution is 2.39.